The second-order valence-electron chi connectivity index (χ2n) is 7.29. The highest BCUT2D eigenvalue weighted by Crippen LogP contribution is 2.41. The number of amides is 2. The van der Waals surface area contributed by atoms with Gasteiger partial charge in [-0.15, -0.1) is 0 Å². The van der Waals surface area contributed by atoms with Crippen LogP contribution in [0, 0.1) is 5.92 Å². The minimum atomic E-state index is -1.07. The van der Waals surface area contributed by atoms with Crippen molar-refractivity contribution in [1.82, 2.24) is 9.80 Å². The van der Waals surface area contributed by atoms with E-state index >= 15 is 0 Å². The van der Waals surface area contributed by atoms with Crippen molar-refractivity contribution < 1.29 is 14.7 Å². The SMILES string of the molecule is CN1C(O)N(CC(=O)Nc2ccccc2)C(=O)C1(C)C1CCCCC1. The topological polar surface area (TPSA) is 72.9 Å². The standard InChI is InChI=1S/C19H27N3O3/c1-19(14-9-5-3-6-10-14)17(24)22(18(25)21(19)2)13-16(23)20-15-11-7-4-8-12-15/h4,7-8,11-12,14,18,25H,3,5-6,9-10,13H2,1-2H3,(H,20,23). The van der Waals surface area contributed by atoms with Gasteiger partial charge in [-0.05, 0) is 44.9 Å². The van der Waals surface area contributed by atoms with E-state index in [1.54, 1.807) is 24.1 Å². The molecular weight excluding hydrogens is 318 g/mol. The van der Waals surface area contributed by atoms with E-state index in [0.29, 0.717) is 5.69 Å². The van der Waals surface area contributed by atoms with E-state index in [4.69, 9.17) is 0 Å². The van der Waals surface area contributed by atoms with Crippen molar-refractivity contribution in [2.24, 2.45) is 5.92 Å². The summed E-state index contributed by atoms with van der Waals surface area (Å²) in [5.74, 6) is -0.243. The lowest BCUT2D eigenvalue weighted by atomic mass is 9.75. The molecule has 6 nitrogen and oxygen atoms in total. The van der Waals surface area contributed by atoms with E-state index in [0.717, 1.165) is 25.7 Å². The molecule has 0 spiro atoms. The molecule has 136 valence electrons. The summed E-state index contributed by atoms with van der Waals surface area (Å²) in [6.45, 7) is 1.76. The molecule has 2 fully saturated rings. The monoisotopic (exact) mass is 345 g/mol. The third-order valence-electron chi connectivity index (χ3n) is 5.82. The van der Waals surface area contributed by atoms with Crippen LogP contribution in [0.1, 0.15) is 39.0 Å². The fraction of sp³-hybridized carbons (Fsp3) is 0.579. The van der Waals surface area contributed by atoms with Crippen LogP contribution in [0.15, 0.2) is 30.3 Å². The molecule has 1 aromatic rings. The summed E-state index contributed by atoms with van der Waals surface area (Å²) in [7, 11) is 1.77. The average Bonchev–Trinajstić information content (AvgIpc) is 2.79. The number of hydrogen-bond donors (Lipinski definition) is 2. The largest absolute Gasteiger partial charge is 0.361 e. The van der Waals surface area contributed by atoms with Crippen molar-refractivity contribution in [3.8, 4) is 0 Å². The third-order valence-corrected chi connectivity index (χ3v) is 5.82. The molecule has 2 atom stereocenters. The molecule has 2 amide bonds. The van der Waals surface area contributed by atoms with Gasteiger partial charge in [-0.2, -0.15) is 0 Å². The highest BCUT2D eigenvalue weighted by Gasteiger charge is 2.56. The Hall–Kier alpha value is -1.92. The normalized spacial score (nSPS) is 28.4. The maximum Gasteiger partial charge on any atom is 0.246 e. The summed E-state index contributed by atoms with van der Waals surface area (Å²) < 4.78 is 0. The van der Waals surface area contributed by atoms with Gasteiger partial charge >= 0.3 is 0 Å². The van der Waals surface area contributed by atoms with Gasteiger partial charge < -0.3 is 10.4 Å². The molecule has 1 saturated heterocycles. The zero-order chi connectivity index (χ0) is 18.0. The number of carbonyl (C=O) groups excluding carboxylic acids is 2. The maximum atomic E-state index is 13.1. The molecule has 2 unspecified atom stereocenters. The van der Waals surface area contributed by atoms with E-state index in [1.807, 2.05) is 25.1 Å². The molecule has 0 bridgehead atoms. The lowest BCUT2D eigenvalue weighted by molar-refractivity contribution is -0.141. The number of likely N-dealkylation sites (N-methyl/N-ethyl adjacent to an activating group) is 1. The maximum absolute atomic E-state index is 13.1. The molecule has 0 radical (unpaired) electrons. The molecule has 3 rings (SSSR count). The number of aliphatic hydroxyl groups excluding tert-OH is 1. The molecule has 1 saturated carbocycles. The predicted molar refractivity (Wildman–Crippen MR) is 95.5 cm³/mol. The van der Waals surface area contributed by atoms with E-state index in [2.05, 4.69) is 5.32 Å². The number of nitrogens with one attached hydrogen (secondary N) is 1. The van der Waals surface area contributed by atoms with Gasteiger partial charge in [-0.1, -0.05) is 37.5 Å². The van der Waals surface area contributed by atoms with Gasteiger partial charge in [0.1, 0.15) is 12.1 Å². The quantitative estimate of drug-likeness (QED) is 0.876. The smallest absolute Gasteiger partial charge is 0.246 e. The number of rotatable bonds is 4. The second-order valence-corrected chi connectivity index (χ2v) is 7.29. The van der Waals surface area contributed by atoms with E-state index < -0.39 is 11.9 Å². The second kappa shape index (κ2) is 7.14. The Morgan fingerprint density at radius 1 is 1.24 bits per heavy atom. The van der Waals surface area contributed by atoms with Crippen LogP contribution in [0.2, 0.25) is 0 Å². The number of carbonyl (C=O) groups is 2. The van der Waals surface area contributed by atoms with Crippen molar-refractivity contribution in [2.75, 3.05) is 18.9 Å². The first kappa shape index (κ1) is 17.9. The van der Waals surface area contributed by atoms with Crippen molar-refractivity contribution >= 4 is 17.5 Å². The molecular formula is C19H27N3O3. The van der Waals surface area contributed by atoms with Gasteiger partial charge in [0.25, 0.3) is 0 Å². The third kappa shape index (κ3) is 3.28. The van der Waals surface area contributed by atoms with E-state index in [1.165, 1.54) is 11.3 Å². The molecule has 25 heavy (non-hydrogen) atoms. The minimum absolute atomic E-state index is 0.151. The first-order valence-electron chi connectivity index (χ1n) is 9.01. The number of benzene rings is 1. The van der Waals surface area contributed by atoms with Crippen LogP contribution in [-0.4, -0.2) is 52.2 Å². The molecule has 1 heterocycles. The van der Waals surface area contributed by atoms with Crippen molar-refractivity contribution in [1.29, 1.82) is 0 Å². The number of para-hydroxylation sites is 1. The summed E-state index contributed by atoms with van der Waals surface area (Å²) in [6, 6.07) is 9.11. The van der Waals surface area contributed by atoms with Crippen LogP contribution < -0.4 is 5.32 Å². The fourth-order valence-electron chi connectivity index (χ4n) is 4.15. The average molecular weight is 345 g/mol. The summed E-state index contributed by atoms with van der Waals surface area (Å²) >= 11 is 0. The van der Waals surface area contributed by atoms with E-state index in [9.17, 15) is 14.7 Å². The number of aliphatic hydroxyl groups is 1. The Labute approximate surface area is 148 Å². The van der Waals surface area contributed by atoms with Crippen molar-refractivity contribution in [3.63, 3.8) is 0 Å². The summed E-state index contributed by atoms with van der Waals surface area (Å²) in [5.41, 5.74) is -0.0654. The molecule has 1 aliphatic carbocycles. The Bertz CT molecular complexity index is 630. The Morgan fingerprint density at radius 2 is 1.88 bits per heavy atom. The summed E-state index contributed by atoms with van der Waals surface area (Å²) in [6.07, 6.45) is 4.35. The number of anilines is 1. The summed E-state index contributed by atoms with van der Waals surface area (Å²) in [5, 5.41) is 13.3. The van der Waals surface area contributed by atoms with Gasteiger partial charge in [-0.3, -0.25) is 14.5 Å². The highest BCUT2D eigenvalue weighted by atomic mass is 16.3. The minimum Gasteiger partial charge on any atom is -0.361 e. The van der Waals surface area contributed by atoms with Gasteiger partial charge in [0.2, 0.25) is 11.8 Å². The molecule has 1 aliphatic heterocycles. The Balaban J connectivity index is 1.71. The zero-order valence-corrected chi connectivity index (χ0v) is 14.9. The van der Waals surface area contributed by atoms with Crippen LogP contribution in [0.3, 0.4) is 0 Å². The first-order valence-corrected chi connectivity index (χ1v) is 9.01. The molecule has 1 aromatic carbocycles. The predicted octanol–water partition coefficient (Wildman–Crippen LogP) is 2.01. The van der Waals surface area contributed by atoms with Crippen LogP contribution in [-0.2, 0) is 9.59 Å². The summed E-state index contributed by atoms with van der Waals surface area (Å²) in [4.78, 5) is 28.4. The Morgan fingerprint density at radius 3 is 2.52 bits per heavy atom. The van der Waals surface area contributed by atoms with E-state index in [-0.39, 0.29) is 24.3 Å². The first-order chi connectivity index (χ1) is 11.9. The van der Waals surface area contributed by atoms with Gasteiger partial charge in [0, 0.05) is 5.69 Å². The Kier molecular flexibility index (Phi) is 5.11. The van der Waals surface area contributed by atoms with Gasteiger partial charge in [0.05, 0.1) is 0 Å². The molecule has 2 N–H and O–H groups in total. The molecule has 6 heteroatoms. The van der Waals surface area contributed by atoms with Crippen molar-refractivity contribution in [2.45, 2.75) is 50.9 Å². The lowest BCUT2D eigenvalue weighted by Crippen LogP contribution is -2.52. The number of nitrogens with zero attached hydrogens (tertiary/aromatic N) is 2. The van der Waals surface area contributed by atoms with Gasteiger partial charge in [0.15, 0.2) is 6.35 Å². The van der Waals surface area contributed by atoms with Crippen molar-refractivity contribution in [3.05, 3.63) is 30.3 Å². The lowest BCUT2D eigenvalue weighted by Gasteiger charge is -2.39. The van der Waals surface area contributed by atoms with Crippen LogP contribution >= 0.6 is 0 Å². The number of hydrogen-bond acceptors (Lipinski definition) is 4. The zero-order valence-electron chi connectivity index (χ0n) is 14.9. The molecule has 2 aliphatic rings. The van der Waals surface area contributed by atoms with Gasteiger partial charge in [-0.25, -0.2) is 4.90 Å². The molecule has 0 aromatic heterocycles. The van der Waals surface area contributed by atoms with Crippen LogP contribution in [0.5, 0.6) is 0 Å². The van der Waals surface area contributed by atoms with Crippen LogP contribution in [0.25, 0.3) is 0 Å². The highest BCUT2D eigenvalue weighted by molar-refractivity contribution is 5.97. The van der Waals surface area contributed by atoms with Crippen LogP contribution in [0.4, 0.5) is 5.69 Å². The fourth-order valence-corrected chi connectivity index (χ4v) is 4.15.